The van der Waals surface area contributed by atoms with Crippen LogP contribution in [0, 0.1) is 10.8 Å². The molecule has 4 rings (SSSR count). The van der Waals surface area contributed by atoms with Gasteiger partial charge in [0.25, 0.3) is 0 Å². The summed E-state index contributed by atoms with van der Waals surface area (Å²) >= 11 is 0. The molecule has 6 heteroatoms. The molecule has 1 aliphatic heterocycles. The lowest BCUT2D eigenvalue weighted by Gasteiger charge is -2.25. The molecule has 0 bridgehead atoms. The second-order valence-corrected chi connectivity index (χ2v) is 7.78. The van der Waals surface area contributed by atoms with Crippen LogP contribution in [0.4, 0.5) is 0 Å². The minimum atomic E-state index is -1.19. The van der Waals surface area contributed by atoms with Crippen LogP contribution in [0.15, 0.2) is 30.3 Å². The van der Waals surface area contributed by atoms with Crippen LogP contribution in [0.1, 0.15) is 32.8 Å². The number of Topliss-reactive ketones (excluding diaryl/α,β-unsaturated/α-hetero) is 1. The van der Waals surface area contributed by atoms with E-state index < -0.39 is 34.8 Å². The summed E-state index contributed by atoms with van der Waals surface area (Å²) in [5.74, 6) is -1.55. The van der Waals surface area contributed by atoms with Gasteiger partial charge in [0.05, 0.1) is 19.8 Å². The van der Waals surface area contributed by atoms with Gasteiger partial charge in [-0.1, -0.05) is 30.3 Å². The lowest BCUT2D eigenvalue weighted by molar-refractivity contribution is -0.177. The number of rotatable bonds is 6. The highest BCUT2D eigenvalue weighted by molar-refractivity contribution is 6.13. The van der Waals surface area contributed by atoms with E-state index in [4.69, 9.17) is 18.9 Å². The van der Waals surface area contributed by atoms with Gasteiger partial charge in [-0.2, -0.15) is 0 Å². The summed E-state index contributed by atoms with van der Waals surface area (Å²) in [6.45, 7) is 6.21. The first-order chi connectivity index (χ1) is 12.4. The molecule has 0 unspecified atom stereocenters. The van der Waals surface area contributed by atoms with E-state index in [-0.39, 0.29) is 19.0 Å². The summed E-state index contributed by atoms with van der Waals surface area (Å²) < 4.78 is 23.0. The summed E-state index contributed by atoms with van der Waals surface area (Å²) in [6, 6.07) is 9.79. The molecule has 2 saturated carbocycles. The van der Waals surface area contributed by atoms with Crippen molar-refractivity contribution in [2.24, 2.45) is 10.8 Å². The summed E-state index contributed by atoms with van der Waals surface area (Å²) in [4.78, 5) is 25.7. The van der Waals surface area contributed by atoms with Crippen LogP contribution in [0.3, 0.4) is 0 Å². The fraction of sp³-hybridized carbons (Fsp3) is 0.600. The highest BCUT2D eigenvalue weighted by Gasteiger charge is 2.89. The summed E-state index contributed by atoms with van der Waals surface area (Å²) in [6.07, 6.45) is -0.818. The zero-order valence-corrected chi connectivity index (χ0v) is 15.3. The molecule has 26 heavy (non-hydrogen) atoms. The van der Waals surface area contributed by atoms with Crippen LogP contribution in [-0.4, -0.2) is 43.0 Å². The molecule has 4 atom stereocenters. The average Bonchev–Trinajstić information content (AvgIpc) is 3.12. The maximum atomic E-state index is 13.0. The molecule has 140 valence electrons. The molecule has 1 heterocycles. The van der Waals surface area contributed by atoms with E-state index in [2.05, 4.69) is 0 Å². The average molecular weight is 360 g/mol. The predicted octanol–water partition coefficient (Wildman–Crippen LogP) is 2.25. The van der Waals surface area contributed by atoms with Crippen molar-refractivity contribution in [1.82, 2.24) is 0 Å². The van der Waals surface area contributed by atoms with E-state index in [1.165, 1.54) is 0 Å². The lowest BCUT2D eigenvalue weighted by atomic mass is 9.95. The Balaban J connectivity index is 1.56. The molecule has 1 aromatic rings. The Labute approximate surface area is 152 Å². The van der Waals surface area contributed by atoms with Crippen molar-refractivity contribution in [3.63, 3.8) is 0 Å². The Hall–Kier alpha value is -1.76. The highest BCUT2D eigenvalue weighted by atomic mass is 16.8. The highest BCUT2D eigenvalue weighted by Crippen LogP contribution is 2.75. The van der Waals surface area contributed by atoms with Crippen molar-refractivity contribution in [2.45, 2.75) is 51.8 Å². The smallest absolute Gasteiger partial charge is 0.320 e. The number of ether oxygens (including phenoxy) is 4. The Morgan fingerprint density at radius 2 is 1.96 bits per heavy atom. The molecular weight excluding hydrogens is 336 g/mol. The minimum absolute atomic E-state index is 0.227. The molecule has 3 aliphatic rings. The van der Waals surface area contributed by atoms with Crippen molar-refractivity contribution >= 4 is 11.8 Å². The first kappa shape index (κ1) is 17.6. The third kappa shape index (κ3) is 2.36. The number of fused-ring (bicyclic) bond motifs is 3. The van der Waals surface area contributed by atoms with E-state index in [1.54, 1.807) is 20.8 Å². The standard InChI is InChI=1S/C20H24O6/c1-4-24-17(22)20-11-19(20,12-23-10-13-8-6-5-7-9-13)16-14(15(20)21)25-18(2,3)26-16/h5-9,14,16H,4,10-12H2,1-3H3/t14-,16-,19+,20+/m0/s1. The monoisotopic (exact) mass is 360 g/mol. The summed E-state index contributed by atoms with van der Waals surface area (Å²) in [7, 11) is 0. The van der Waals surface area contributed by atoms with Crippen LogP contribution >= 0.6 is 0 Å². The predicted molar refractivity (Wildman–Crippen MR) is 91.0 cm³/mol. The van der Waals surface area contributed by atoms with E-state index in [9.17, 15) is 9.59 Å². The van der Waals surface area contributed by atoms with Crippen molar-refractivity contribution in [3.05, 3.63) is 35.9 Å². The molecular formula is C20H24O6. The van der Waals surface area contributed by atoms with Crippen LogP contribution in [-0.2, 0) is 35.1 Å². The SMILES string of the molecule is CCOC(=O)[C@]12C[C@@]1(COCc1ccccc1)[C@H]1OC(C)(C)O[C@H]1C2=O. The molecule has 6 nitrogen and oxygen atoms in total. The van der Waals surface area contributed by atoms with Crippen LogP contribution in [0.5, 0.6) is 0 Å². The van der Waals surface area contributed by atoms with Gasteiger partial charge in [-0.15, -0.1) is 0 Å². The third-order valence-electron chi connectivity index (χ3n) is 5.72. The Morgan fingerprint density at radius 3 is 2.65 bits per heavy atom. The zero-order chi connectivity index (χ0) is 18.6. The molecule has 0 N–H and O–H groups in total. The fourth-order valence-corrected chi connectivity index (χ4v) is 4.52. The number of ketones is 1. The van der Waals surface area contributed by atoms with Gasteiger partial charge in [0.2, 0.25) is 0 Å². The van der Waals surface area contributed by atoms with Gasteiger partial charge in [-0.25, -0.2) is 0 Å². The molecule has 0 radical (unpaired) electrons. The molecule has 3 fully saturated rings. The van der Waals surface area contributed by atoms with E-state index in [0.29, 0.717) is 13.0 Å². The van der Waals surface area contributed by atoms with Crippen molar-refractivity contribution in [1.29, 1.82) is 0 Å². The maximum Gasteiger partial charge on any atom is 0.320 e. The van der Waals surface area contributed by atoms with Crippen LogP contribution in [0.2, 0.25) is 0 Å². The van der Waals surface area contributed by atoms with Crippen LogP contribution < -0.4 is 0 Å². The number of hydrogen-bond donors (Lipinski definition) is 0. The van der Waals surface area contributed by atoms with Gasteiger partial charge in [0, 0.05) is 5.41 Å². The zero-order valence-electron chi connectivity index (χ0n) is 15.3. The number of carbonyl (C=O) groups is 2. The first-order valence-electron chi connectivity index (χ1n) is 9.05. The number of benzene rings is 1. The summed E-state index contributed by atoms with van der Waals surface area (Å²) in [5.41, 5.74) is -0.856. The number of esters is 1. The molecule has 0 spiro atoms. The fourth-order valence-electron chi connectivity index (χ4n) is 4.52. The third-order valence-corrected chi connectivity index (χ3v) is 5.72. The van der Waals surface area contributed by atoms with Crippen molar-refractivity contribution in [3.8, 4) is 0 Å². The van der Waals surface area contributed by atoms with E-state index >= 15 is 0 Å². The van der Waals surface area contributed by atoms with Crippen LogP contribution in [0.25, 0.3) is 0 Å². The Kier molecular flexibility index (Phi) is 3.99. The molecule has 2 aliphatic carbocycles. The van der Waals surface area contributed by atoms with Gasteiger partial charge in [0.1, 0.15) is 17.6 Å². The Bertz CT molecular complexity index is 729. The quantitative estimate of drug-likeness (QED) is 0.572. The second-order valence-electron chi connectivity index (χ2n) is 7.78. The topological polar surface area (TPSA) is 71.1 Å². The van der Waals surface area contributed by atoms with E-state index in [1.807, 2.05) is 30.3 Å². The maximum absolute atomic E-state index is 13.0. The van der Waals surface area contributed by atoms with Gasteiger partial charge < -0.3 is 18.9 Å². The normalized spacial score (nSPS) is 36.5. The molecule has 1 saturated heterocycles. The second kappa shape index (κ2) is 5.87. The van der Waals surface area contributed by atoms with Crippen molar-refractivity contribution in [2.75, 3.05) is 13.2 Å². The minimum Gasteiger partial charge on any atom is -0.465 e. The molecule has 0 amide bonds. The molecule has 1 aromatic carbocycles. The number of carbonyl (C=O) groups excluding carboxylic acids is 2. The summed E-state index contributed by atoms with van der Waals surface area (Å²) in [5, 5.41) is 0. The van der Waals surface area contributed by atoms with Gasteiger partial charge in [-0.05, 0) is 32.8 Å². The van der Waals surface area contributed by atoms with E-state index in [0.717, 1.165) is 5.56 Å². The largest absolute Gasteiger partial charge is 0.465 e. The van der Waals surface area contributed by atoms with Gasteiger partial charge in [0.15, 0.2) is 11.6 Å². The molecule has 0 aromatic heterocycles. The van der Waals surface area contributed by atoms with Gasteiger partial charge in [-0.3, -0.25) is 9.59 Å². The van der Waals surface area contributed by atoms with Crippen molar-refractivity contribution < 1.29 is 28.5 Å². The first-order valence-corrected chi connectivity index (χ1v) is 9.05. The lowest BCUT2D eigenvalue weighted by Crippen LogP contribution is -2.36. The number of hydrogen-bond acceptors (Lipinski definition) is 6. The van der Waals surface area contributed by atoms with Gasteiger partial charge >= 0.3 is 5.97 Å². The Morgan fingerprint density at radius 1 is 1.23 bits per heavy atom.